The normalized spacial score (nSPS) is 22.2. The fourth-order valence-electron chi connectivity index (χ4n) is 3.66. The van der Waals surface area contributed by atoms with Crippen LogP contribution in [-0.2, 0) is 0 Å². The Hall–Kier alpha value is -1.26. The molecule has 0 radical (unpaired) electrons. The molecule has 0 spiro atoms. The van der Waals surface area contributed by atoms with Crippen LogP contribution < -0.4 is 0 Å². The molecular weight excluding hydrogens is 242 g/mol. The number of hydrogen-bond acceptors (Lipinski definition) is 1. The zero-order valence-corrected chi connectivity index (χ0v) is 12.4. The van der Waals surface area contributed by atoms with Crippen LogP contribution in [0.25, 0.3) is 0 Å². The van der Waals surface area contributed by atoms with Crippen LogP contribution in [0.1, 0.15) is 50.5 Å². The van der Waals surface area contributed by atoms with Crippen LogP contribution in [0.15, 0.2) is 30.3 Å². The van der Waals surface area contributed by atoms with Crippen LogP contribution in [0.3, 0.4) is 0 Å². The average Bonchev–Trinajstić information content (AvgIpc) is 3.04. The van der Waals surface area contributed by atoms with Crippen LogP contribution in [0.4, 0.5) is 0 Å². The van der Waals surface area contributed by atoms with E-state index in [0.29, 0.717) is 6.04 Å². The second-order valence-electron chi connectivity index (χ2n) is 6.22. The van der Waals surface area contributed by atoms with E-state index in [9.17, 15) is 0 Å². The Morgan fingerprint density at radius 3 is 2.30 bits per heavy atom. The van der Waals surface area contributed by atoms with Crippen molar-refractivity contribution >= 4 is 0 Å². The monoisotopic (exact) mass is 267 g/mol. The van der Waals surface area contributed by atoms with Crippen LogP contribution >= 0.6 is 0 Å². The minimum absolute atomic E-state index is 0.498. The molecule has 0 bridgehead atoms. The zero-order valence-electron chi connectivity index (χ0n) is 12.4. The molecule has 2 aliphatic rings. The summed E-state index contributed by atoms with van der Waals surface area (Å²) in [5, 5.41) is 0. The Bertz CT molecular complexity index is 456. The fraction of sp³-hybridized carbons (Fsp3) is 0.579. The first-order valence-corrected chi connectivity index (χ1v) is 8.24. The van der Waals surface area contributed by atoms with E-state index in [2.05, 4.69) is 47.1 Å². The molecule has 0 aromatic heterocycles. The molecule has 0 amide bonds. The summed E-state index contributed by atoms with van der Waals surface area (Å²) in [4.78, 5) is 2.66. The second-order valence-corrected chi connectivity index (χ2v) is 6.22. The molecule has 1 unspecified atom stereocenters. The summed E-state index contributed by atoms with van der Waals surface area (Å²) >= 11 is 0. The summed E-state index contributed by atoms with van der Waals surface area (Å²) in [6, 6.07) is 11.0. The second kappa shape index (κ2) is 6.95. The molecule has 0 N–H and O–H groups in total. The molecule has 1 atom stereocenters. The van der Waals surface area contributed by atoms with E-state index < -0.39 is 0 Å². The van der Waals surface area contributed by atoms with Gasteiger partial charge in [0.25, 0.3) is 0 Å². The Morgan fingerprint density at radius 1 is 0.900 bits per heavy atom. The molecule has 106 valence electrons. The van der Waals surface area contributed by atoms with Gasteiger partial charge in [0.2, 0.25) is 0 Å². The lowest BCUT2D eigenvalue weighted by molar-refractivity contribution is 0.154. The lowest BCUT2D eigenvalue weighted by Gasteiger charge is -2.35. The van der Waals surface area contributed by atoms with Gasteiger partial charge in [-0.1, -0.05) is 49.3 Å². The van der Waals surface area contributed by atoms with E-state index in [4.69, 9.17) is 0 Å². The van der Waals surface area contributed by atoms with Gasteiger partial charge in [0.05, 0.1) is 6.04 Å². The number of nitrogens with zero attached hydrogens (tertiary/aromatic N) is 1. The summed E-state index contributed by atoms with van der Waals surface area (Å²) in [7, 11) is 0. The Morgan fingerprint density at radius 2 is 1.60 bits per heavy atom. The molecule has 2 fully saturated rings. The SMILES string of the molecule is C(#CC(C1CCCC1)N1CCCCC1)c1ccccc1. The third kappa shape index (κ3) is 3.44. The van der Waals surface area contributed by atoms with Gasteiger partial charge < -0.3 is 0 Å². The molecule has 1 heterocycles. The molecule has 1 aromatic rings. The van der Waals surface area contributed by atoms with Crippen LogP contribution in [0.5, 0.6) is 0 Å². The fourth-order valence-corrected chi connectivity index (χ4v) is 3.66. The van der Waals surface area contributed by atoms with Gasteiger partial charge in [-0.15, -0.1) is 0 Å². The Balaban J connectivity index is 1.76. The summed E-state index contributed by atoms with van der Waals surface area (Å²) in [6.07, 6.45) is 9.69. The van der Waals surface area contributed by atoms with Gasteiger partial charge in [-0.25, -0.2) is 0 Å². The van der Waals surface area contributed by atoms with Crippen molar-refractivity contribution in [3.8, 4) is 11.8 Å². The van der Waals surface area contributed by atoms with Crippen molar-refractivity contribution in [2.24, 2.45) is 5.92 Å². The Labute approximate surface area is 123 Å². The van der Waals surface area contributed by atoms with Gasteiger partial charge >= 0.3 is 0 Å². The third-order valence-corrected chi connectivity index (χ3v) is 4.77. The number of rotatable bonds is 2. The van der Waals surface area contributed by atoms with Gasteiger partial charge in [0, 0.05) is 5.56 Å². The predicted molar refractivity (Wildman–Crippen MR) is 84.5 cm³/mol. The first kappa shape index (κ1) is 13.7. The van der Waals surface area contributed by atoms with Gasteiger partial charge in [-0.05, 0) is 56.8 Å². The first-order valence-electron chi connectivity index (χ1n) is 8.24. The standard InChI is InChI=1S/C19H25N/c1-3-9-17(10-4-1)13-14-19(18-11-5-6-12-18)20-15-7-2-8-16-20/h1,3-4,9-10,18-19H,2,5-8,11-12,15-16H2. The van der Waals surface area contributed by atoms with Crippen molar-refractivity contribution in [1.82, 2.24) is 4.90 Å². The van der Waals surface area contributed by atoms with Gasteiger partial charge in [-0.2, -0.15) is 0 Å². The molecule has 3 rings (SSSR count). The molecule has 1 aliphatic heterocycles. The summed E-state index contributed by atoms with van der Waals surface area (Å²) in [5.74, 6) is 7.86. The van der Waals surface area contributed by atoms with E-state index in [1.807, 2.05) is 0 Å². The predicted octanol–water partition coefficient (Wildman–Crippen LogP) is 4.08. The van der Waals surface area contributed by atoms with Crippen molar-refractivity contribution in [3.05, 3.63) is 35.9 Å². The van der Waals surface area contributed by atoms with Crippen molar-refractivity contribution in [1.29, 1.82) is 0 Å². The van der Waals surface area contributed by atoms with Crippen LogP contribution in [-0.4, -0.2) is 24.0 Å². The molecular formula is C19H25N. The number of piperidine rings is 1. The minimum atomic E-state index is 0.498. The van der Waals surface area contributed by atoms with Crippen molar-refractivity contribution in [2.75, 3.05) is 13.1 Å². The third-order valence-electron chi connectivity index (χ3n) is 4.77. The number of likely N-dealkylation sites (tertiary alicyclic amines) is 1. The summed E-state index contributed by atoms with van der Waals surface area (Å²) in [5.41, 5.74) is 1.16. The number of benzene rings is 1. The van der Waals surface area contributed by atoms with E-state index >= 15 is 0 Å². The molecule has 1 aromatic carbocycles. The van der Waals surface area contributed by atoms with E-state index in [0.717, 1.165) is 11.5 Å². The van der Waals surface area contributed by atoms with Crippen LogP contribution in [0, 0.1) is 17.8 Å². The number of hydrogen-bond donors (Lipinski definition) is 0. The molecule has 1 saturated heterocycles. The average molecular weight is 267 g/mol. The maximum atomic E-state index is 3.62. The topological polar surface area (TPSA) is 3.24 Å². The van der Waals surface area contributed by atoms with Crippen LogP contribution in [0.2, 0.25) is 0 Å². The lowest BCUT2D eigenvalue weighted by Crippen LogP contribution is -2.42. The summed E-state index contributed by atoms with van der Waals surface area (Å²) < 4.78 is 0. The lowest BCUT2D eigenvalue weighted by atomic mass is 9.94. The van der Waals surface area contributed by atoms with E-state index in [-0.39, 0.29) is 0 Å². The molecule has 1 saturated carbocycles. The highest BCUT2D eigenvalue weighted by Gasteiger charge is 2.29. The maximum absolute atomic E-state index is 3.62. The van der Waals surface area contributed by atoms with Gasteiger partial charge in [-0.3, -0.25) is 4.90 Å². The highest BCUT2D eigenvalue weighted by atomic mass is 15.2. The molecule has 20 heavy (non-hydrogen) atoms. The molecule has 1 nitrogen and oxygen atoms in total. The Kier molecular flexibility index (Phi) is 4.77. The highest BCUT2D eigenvalue weighted by molar-refractivity contribution is 5.35. The maximum Gasteiger partial charge on any atom is 0.0746 e. The van der Waals surface area contributed by atoms with Crippen molar-refractivity contribution in [2.45, 2.75) is 51.0 Å². The van der Waals surface area contributed by atoms with E-state index in [1.165, 1.54) is 58.0 Å². The molecule has 1 heteroatoms. The molecule has 1 aliphatic carbocycles. The minimum Gasteiger partial charge on any atom is -0.290 e. The highest BCUT2D eigenvalue weighted by Crippen LogP contribution is 2.31. The smallest absolute Gasteiger partial charge is 0.0746 e. The van der Waals surface area contributed by atoms with Crippen molar-refractivity contribution < 1.29 is 0 Å². The summed E-state index contributed by atoms with van der Waals surface area (Å²) in [6.45, 7) is 2.51. The van der Waals surface area contributed by atoms with Gasteiger partial charge in [0.1, 0.15) is 0 Å². The van der Waals surface area contributed by atoms with E-state index in [1.54, 1.807) is 0 Å². The quantitative estimate of drug-likeness (QED) is 0.730. The largest absolute Gasteiger partial charge is 0.290 e. The van der Waals surface area contributed by atoms with Gasteiger partial charge in [0.15, 0.2) is 0 Å². The first-order chi connectivity index (χ1) is 9.93. The van der Waals surface area contributed by atoms with Crippen molar-refractivity contribution in [3.63, 3.8) is 0 Å². The zero-order chi connectivity index (χ0) is 13.6.